The van der Waals surface area contributed by atoms with Crippen LogP contribution >= 0.6 is 0 Å². The number of rotatable bonds is 4. The first-order valence-electron chi connectivity index (χ1n) is 5.97. The van der Waals surface area contributed by atoms with Crippen LogP contribution in [0.1, 0.15) is 40.0 Å². The molecule has 1 aliphatic rings. The van der Waals surface area contributed by atoms with Gasteiger partial charge in [-0.2, -0.15) is 0 Å². The van der Waals surface area contributed by atoms with E-state index in [1.165, 1.54) is 0 Å². The molecule has 1 aliphatic heterocycles. The van der Waals surface area contributed by atoms with E-state index in [0.717, 1.165) is 25.9 Å². The molecule has 2 amide bonds. The molecule has 1 N–H and O–H groups in total. The molecule has 92 valence electrons. The second kappa shape index (κ2) is 5.32. The lowest BCUT2D eigenvalue weighted by Crippen LogP contribution is -2.36. The van der Waals surface area contributed by atoms with Crippen LogP contribution in [-0.4, -0.2) is 36.3 Å². The van der Waals surface area contributed by atoms with Gasteiger partial charge in [-0.25, -0.2) is 0 Å². The van der Waals surface area contributed by atoms with Gasteiger partial charge >= 0.3 is 0 Å². The average molecular weight is 226 g/mol. The summed E-state index contributed by atoms with van der Waals surface area (Å²) >= 11 is 0. The van der Waals surface area contributed by atoms with Crippen molar-refractivity contribution >= 4 is 11.8 Å². The van der Waals surface area contributed by atoms with Crippen molar-refractivity contribution < 1.29 is 9.59 Å². The third-order valence-corrected chi connectivity index (χ3v) is 2.74. The molecule has 0 aromatic carbocycles. The van der Waals surface area contributed by atoms with Gasteiger partial charge in [0.15, 0.2) is 0 Å². The largest absolute Gasteiger partial charge is 0.356 e. The molecule has 0 radical (unpaired) electrons. The lowest BCUT2D eigenvalue weighted by Gasteiger charge is -2.19. The molecule has 0 atom stereocenters. The Bertz CT molecular complexity index is 269. The highest BCUT2D eigenvalue weighted by Crippen LogP contribution is 2.12. The summed E-state index contributed by atoms with van der Waals surface area (Å²) in [6, 6.07) is 0. The minimum atomic E-state index is -0.330. The summed E-state index contributed by atoms with van der Waals surface area (Å²) in [5.41, 5.74) is -0.330. The molecule has 1 heterocycles. The van der Waals surface area contributed by atoms with E-state index in [4.69, 9.17) is 0 Å². The third-order valence-electron chi connectivity index (χ3n) is 2.74. The van der Waals surface area contributed by atoms with Crippen molar-refractivity contribution in [3.05, 3.63) is 0 Å². The van der Waals surface area contributed by atoms with Crippen molar-refractivity contribution in [2.75, 3.05) is 19.6 Å². The van der Waals surface area contributed by atoms with Crippen molar-refractivity contribution in [2.45, 2.75) is 40.0 Å². The van der Waals surface area contributed by atoms with Crippen LogP contribution in [0.5, 0.6) is 0 Å². The highest BCUT2D eigenvalue weighted by Gasteiger charge is 2.21. The Kier molecular flexibility index (Phi) is 4.33. The molecule has 1 rings (SSSR count). The summed E-state index contributed by atoms with van der Waals surface area (Å²) < 4.78 is 0. The maximum atomic E-state index is 11.5. The quantitative estimate of drug-likeness (QED) is 0.731. The Hall–Kier alpha value is -1.06. The molecule has 0 saturated carbocycles. The minimum absolute atomic E-state index is 0.0697. The van der Waals surface area contributed by atoms with Crippen LogP contribution in [0.25, 0.3) is 0 Å². The summed E-state index contributed by atoms with van der Waals surface area (Å²) in [4.78, 5) is 24.7. The Morgan fingerprint density at radius 1 is 1.44 bits per heavy atom. The highest BCUT2D eigenvalue weighted by molar-refractivity contribution is 5.81. The predicted octanol–water partition coefficient (Wildman–Crippen LogP) is 1.16. The number of nitrogens with one attached hydrogen (secondary N) is 1. The van der Waals surface area contributed by atoms with Crippen LogP contribution in [0.2, 0.25) is 0 Å². The van der Waals surface area contributed by atoms with Crippen molar-refractivity contribution in [3.63, 3.8) is 0 Å². The van der Waals surface area contributed by atoms with Gasteiger partial charge in [0.25, 0.3) is 0 Å². The Balaban J connectivity index is 2.12. The third kappa shape index (κ3) is 3.83. The van der Waals surface area contributed by atoms with Crippen molar-refractivity contribution in [1.29, 1.82) is 0 Å². The molecule has 4 heteroatoms. The van der Waals surface area contributed by atoms with Crippen LogP contribution in [0.15, 0.2) is 0 Å². The van der Waals surface area contributed by atoms with Crippen LogP contribution in [0.3, 0.4) is 0 Å². The molecule has 0 unspecified atom stereocenters. The van der Waals surface area contributed by atoms with E-state index in [0.29, 0.717) is 13.0 Å². The molecule has 1 fully saturated rings. The molecule has 0 bridgehead atoms. The van der Waals surface area contributed by atoms with Gasteiger partial charge < -0.3 is 10.2 Å². The van der Waals surface area contributed by atoms with Gasteiger partial charge in [0.2, 0.25) is 11.8 Å². The fourth-order valence-electron chi connectivity index (χ4n) is 1.68. The molecule has 0 spiro atoms. The molecule has 1 saturated heterocycles. The summed E-state index contributed by atoms with van der Waals surface area (Å²) in [5.74, 6) is 0.322. The number of carbonyl (C=O) groups excluding carboxylic acids is 2. The zero-order chi connectivity index (χ0) is 12.2. The molecular weight excluding hydrogens is 204 g/mol. The number of amides is 2. The van der Waals surface area contributed by atoms with Crippen LogP contribution in [-0.2, 0) is 9.59 Å². The topological polar surface area (TPSA) is 49.4 Å². The molecular formula is C12H22N2O2. The fourth-order valence-corrected chi connectivity index (χ4v) is 1.68. The van der Waals surface area contributed by atoms with Gasteiger partial charge in [0.1, 0.15) is 0 Å². The SMILES string of the molecule is CC(C)(C)C(=O)NCCCN1CCCC1=O. The molecule has 4 nitrogen and oxygen atoms in total. The standard InChI is InChI=1S/C12H22N2O2/c1-12(2,3)11(16)13-7-5-9-14-8-4-6-10(14)15/h4-9H2,1-3H3,(H,13,16). The molecule has 0 aromatic rings. The van der Waals surface area contributed by atoms with Crippen molar-refractivity contribution in [2.24, 2.45) is 5.41 Å². The smallest absolute Gasteiger partial charge is 0.225 e. The van der Waals surface area contributed by atoms with E-state index in [1.807, 2.05) is 25.7 Å². The van der Waals surface area contributed by atoms with Crippen LogP contribution in [0, 0.1) is 5.41 Å². The number of hydrogen-bond donors (Lipinski definition) is 1. The minimum Gasteiger partial charge on any atom is -0.356 e. The lowest BCUT2D eigenvalue weighted by atomic mass is 9.96. The van der Waals surface area contributed by atoms with Gasteiger partial charge in [-0.3, -0.25) is 9.59 Å². The van der Waals surface area contributed by atoms with Crippen LogP contribution in [0.4, 0.5) is 0 Å². The van der Waals surface area contributed by atoms with Gasteiger partial charge in [0, 0.05) is 31.5 Å². The number of carbonyl (C=O) groups is 2. The number of likely N-dealkylation sites (tertiary alicyclic amines) is 1. The van der Waals surface area contributed by atoms with E-state index in [9.17, 15) is 9.59 Å². The average Bonchev–Trinajstić information content (AvgIpc) is 2.57. The summed E-state index contributed by atoms with van der Waals surface area (Å²) in [6.45, 7) is 7.99. The van der Waals surface area contributed by atoms with Crippen molar-refractivity contribution in [3.8, 4) is 0 Å². The van der Waals surface area contributed by atoms with E-state index in [2.05, 4.69) is 5.32 Å². The first-order chi connectivity index (χ1) is 7.41. The Morgan fingerprint density at radius 3 is 2.62 bits per heavy atom. The highest BCUT2D eigenvalue weighted by atomic mass is 16.2. The van der Waals surface area contributed by atoms with E-state index in [-0.39, 0.29) is 17.2 Å². The number of hydrogen-bond acceptors (Lipinski definition) is 2. The normalized spacial score (nSPS) is 16.7. The van der Waals surface area contributed by atoms with Gasteiger partial charge in [-0.05, 0) is 12.8 Å². The molecule has 16 heavy (non-hydrogen) atoms. The van der Waals surface area contributed by atoms with Gasteiger partial charge in [-0.1, -0.05) is 20.8 Å². The van der Waals surface area contributed by atoms with E-state index >= 15 is 0 Å². The predicted molar refractivity (Wildman–Crippen MR) is 62.9 cm³/mol. The fraction of sp³-hybridized carbons (Fsp3) is 0.833. The molecule has 0 aliphatic carbocycles. The maximum Gasteiger partial charge on any atom is 0.225 e. The van der Waals surface area contributed by atoms with Crippen LogP contribution < -0.4 is 5.32 Å². The first kappa shape index (κ1) is 13.0. The van der Waals surface area contributed by atoms with E-state index < -0.39 is 0 Å². The summed E-state index contributed by atoms with van der Waals surface area (Å²) in [5, 5.41) is 2.88. The van der Waals surface area contributed by atoms with Crippen molar-refractivity contribution in [1.82, 2.24) is 10.2 Å². The maximum absolute atomic E-state index is 11.5. The Labute approximate surface area is 97.4 Å². The van der Waals surface area contributed by atoms with E-state index in [1.54, 1.807) is 0 Å². The number of nitrogens with zero attached hydrogens (tertiary/aromatic N) is 1. The first-order valence-corrected chi connectivity index (χ1v) is 5.97. The lowest BCUT2D eigenvalue weighted by molar-refractivity contribution is -0.128. The van der Waals surface area contributed by atoms with Gasteiger partial charge in [0.05, 0.1) is 0 Å². The summed E-state index contributed by atoms with van der Waals surface area (Å²) in [6.07, 6.45) is 2.51. The zero-order valence-electron chi connectivity index (χ0n) is 10.5. The Morgan fingerprint density at radius 2 is 2.12 bits per heavy atom. The second-order valence-electron chi connectivity index (χ2n) is 5.34. The molecule has 0 aromatic heterocycles. The second-order valence-corrected chi connectivity index (χ2v) is 5.34. The zero-order valence-corrected chi connectivity index (χ0v) is 10.5. The van der Waals surface area contributed by atoms with Gasteiger partial charge in [-0.15, -0.1) is 0 Å². The summed E-state index contributed by atoms with van der Waals surface area (Å²) in [7, 11) is 0. The monoisotopic (exact) mass is 226 g/mol.